The fraction of sp³-hybridized carbons (Fsp3) is 0.333. The zero-order chi connectivity index (χ0) is 11.5. The summed E-state index contributed by atoms with van der Waals surface area (Å²) in [5.74, 6) is 9.64. The van der Waals surface area contributed by atoms with Gasteiger partial charge in [-0.05, 0) is 13.8 Å². The molecular weight excluding hydrogens is 188 g/mol. The molecule has 1 atom stereocenters. The third-order valence-electron chi connectivity index (χ3n) is 1.47. The second kappa shape index (κ2) is 8.40. The van der Waals surface area contributed by atoms with Gasteiger partial charge in [-0.1, -0.05) is 11.8 Å². The quantitative estimate of drug-likeness (QED) is 0.644. The molecule has 74 valence electrons. The van der Waals surface area contributed by atoms with Crippen LogP contribution in [-0.4, -0.2) is 12.7 Å². The van der Waals surface area contributed by atoms with Crippen molar-refractivity contribution in [2.45, 2.75) is 20.0 Å². The molecule has 1 unspecified atom stereocenters. The predicted molar refractivity (Wildman–Crippen MR) is 55.9 cm³/mol. The lowest BCUT2D eigenvalue weighted by molar-refractivity contribution is 0.104. The van der Waals surface area contributed by atoms with Crippen molar-refractivity contribution in [2.75, 3.05) is 6.61 Å². The zero-order valence-corrected chi connectivity index (χ0v) is 8.66. The van der Waals surface area contributed by atoms with Crippen molar-refractivity contribution in [1.29, 1.82) is 10.5 Å². The van der Waals surface area contributed by atoms with Crippen LogP contribution >= 0.6 is 0 Å². The van der Waals surface area contributed by atoms with Crippen LogP contribution in [0.3, 0.4) is 0 Å². The summed E-state index contributed by atoms with van der Waals surface area (Å²) in [7, 11) is 0. The number of rotatable bonds is 3. The molecular formula is C12H10N2O. The normalized spacial score (nSPS) is 10.8. The molecule has 0 aromatic rings. The number of nitrogens with zero attached hydrogens (tertiary/aromatic N) is 2. The molecule has 0 aliphatic rings. The summed E-state index contributed by atoms with van der Waals surface area (Å²) in [4.78, 5) is 0. The second-order valence-electron chi connectivity index (χ2n) is 2.44. The van der Waals surface area contributed by atoms with Crippen molar-refractivity contribution < 1.29 is 4.74 Å². The van der Waals surface area contributed by atoms with Crippen LogP contribution in [-0.2, 0) is 4.74 Å². The summed E-state index contributed by atoms with van der Waals surface area (Å²) in [6.07, 6.45) is 1.28. The molecule has 15 heavy (non-hydrogen) atoms. The predicted octanol–water partition coefficient (Wildman–Crippen LogP) is 1.39. The molecule has 0 aliphatic heterocycles. The van der Waals surface area contributed by atoms with E-state index in [0.717, 1.165) is 0 Å². The first-order valence-electron chi connectivity index (χ1n) is 4.37. The fourth-order valence-electron chi connectivity index (χ4n) is 0.841. The number of nitriles is 2. The van der Waals surface area contributed by atoms with Gasteiger partial charge in [0.15, 0.2) is 12.1 Å². The minimum absolute atomic E-state index is 0.219. The van der Waals surface area contributed by atoms with Gasteiger partial charge in [0.25, 0.3) is 0 Å². The lowest BCUT2D eigenvalue weighted by Gasteiger charge is -2.09. The summed E-state index contributed by atoms with van der Waals surface area (Å²) in [5.41, 5.74) is 0.598. The Kier molecular flexibility index (Phi) is 7.17. The van der Waals surface area contributed by atoms with Gasteiger partial charge in [-0.15, -0.1) is 0 Å². The van der Waals surface area contributed by atoms with E-state index in [2.05, 4.69) is 23.7 Å². The highest BCUT2D eigenvalue weighted by molar-refractivity contribution is 5.41. The summed E-state index contributed by atoms with van der Waals surface area (Å²) < 4.78 is 5.30. The maximum atomic E-state index is 8.32. The molecule has 0 rings (SSSR count). The highest BCUT2D eigenvalue weighted by atomic mass is 16.5. The van der Waals surface area contributed by atoms with Crippen molar-refractivity contribution in [3.05, 3.63) is 11.6 Å². The molecule has 0 saturated carbocycles. The highest BCUT2D eigenvalue weighted by Crippen LogP contribution is 2.04. The van der Waals surface area contributed by atoms with Gasteiger partial charge in [-0.3, -0.25) is 0 Å². The topological polar surface area (TPSA) is 56.8 Å². The number of allylic oxidation sites excluding steroid dienone is 1. The average molecular weight is 198 g/mol. The number of ether oxygens (including phenoxy) is 1. The van der Waals surface area contributed by atoms with Crippen molar-refractivity contribution >= 4 is 0 Å². The molecule has 0 heterocycles. The Morgan fingerprint density at radius 3 is 2.53 bits per heavy atom. The molecule has 0 amide bonds. The Labute approximate surface area is 90.0 Å². The van der Waals surface area contributed by atoms with Crippen LogP contribution in [0.2, 0.25) is 0 Å². The third-order valence-corrected chi connectivity index (χ3v) is 1.47. The van der Waals surface area contributed by atoms with Gasteiger partial charge in [-0.2, -0.15) is 10.5 Å². The Hall–Kier alpha value is -2.20. The van der Waals surface area contributed by atoms with Gasteiger partial charge in [0.05, 0.1) is 6.10 Å². The Morgan fingerprint density at radius 1 is 1.33 bits per heavy atom. The SMILES string of the molecule is CCOC(C)/C(C#CC#N)=C\C#CC#N. The highest BCUT2D eigenvalue weighted by Gasteiger charge is 2.04. The van der Waals surface area contributed by atoms with E-state index in [0.29, 0.717) is 12.2 Å². The van der Waals surface area contributed by atoms with E-state index in [9.17, 15) is 0 Å². The zero-order valence-electron chi connectivity index (χ0n) is 8.66. The molecule has 0 aromatic carbocycles. The van der Waals surface area contributed by atoms with E-state index >= 15 is 0 Å². The third kappa shape index (κ3) is 5.95. The monoisotopic (exact) mass is 198 g/mol. The van der Waals surface area contributed by atoms with Gasteiger partial charge in [0, 0.05) is 30.1 Å². The van der Waals surface area contributed by atoms with E-state index in [1.807, 2.05) is 13.8 Å². The molecule has 0 saturated heterocycles. The molecule has 3 heteroatoms. The maximum absolute atomic E-state index is 8.32. The van der Waals surface area contributed by atoms with Gasteiger partial charge in [0.1, 0.15) is 0 Å². The van der Waals surface area contributed by atoms with Crippen molar-refractivity contribution in [3.63, 3.8) is 0 Å². The van der Waals surface area contributed by atoms with Crippen LogP contribution in [0.5, 0.6) is 0 Å². The van der Waals surface area contributed by atoms with Gasteiger partial charge in [-0.25, -0.2) is 0 Å². The van der Waals surface area contributed by atoms with E-state index in [1.165, 1.54) is 6.08 Å². The molecule has 0 bridgehead atoms. The maximum Gasteiger partial charge on any atom is 0.152 e. The molecule has 0 aliphatic carbocycles. The van der Waals surface area contributed by atoms with Crippen LogP contribution in [0, 0.1) is 46.3 Å². The molecule has 0 N–H and O–H groups in total. The second-order valence-corrected chi connectivity index (χ2v) is 2.44. The minimum Gasteiger partial charge on any atom is -0.373 e. The first kappa shape index (κ1) is 12.8. The first-order valence-corrected chi connectivity index (χ1v) is 4.37. The van der Waals surface area contributed by atoms with Gasteiger partial charge >= 0.3 is 0 Å². The van der Waals surface area contributed by atoms with Gasteiger partial charge in [0.2, 0.25) is 0 Å². The van der Waals surface area contributed by atoms with Crippen LogP contribution in [0.1, 0.15) is 13.8 Å². The first-order chi connectivity index (χ1) is 7.26. The summed E-state index contributed by atoms with van der Waals surface area (Å²) in [6, 6.07) is 3.41. The van der Waals surface area contributed by atoms with E-state index < -0.39 is 0 Å². The molecule has 0 fully saturated rings. The summed E-state index contributed by atoms with van der Waals surface area (Å²) >= 11 is 0. The smallest absolute Gasteiger partial charge is 0.152 e. The molecule has 0 radical (unpaired) electrons. The van der Waals surface area contributed by atoms with Crippen molar-refractivity contribution in [2.24, 2.45) is 0 Å². The van der Waals surface area contributed by atoms with Crippen molar-refractivity contribution in [1.82, 2.24) is 0 Å². The largest absolute Gasteiger partial charge is 0.373 e. The summed E-state index contributed by atoms with van der Waals surface area (Å²) in [6.45, 7) is 4.24. The van der Waals surface area contributed by atoms with Crippen molar-refractivity contribution in [3.8, 4) is 35.8 Å². The lowest BCUT2D eigenvalue weighted by atomic mass is 10.1. The van der Waals surface area contributed by atoms with E-state index in [4.69, 9.17) is 15.3 Å². The van der Waals surface area contributed by atoms with E-state index in [-0.39, 0.29) is 6.10 Å². The molecule has 3 nitrogen and oxygen atoms in total. The summed E-state index contributed by atoms with van der Waals surface area (Å²) in [5, 5.41) is 16.5. The van der Waals surface area contributed by atoms with E-state index in [1.54, 1.807) is 12.1 Å². The number of hydrogen-bond acceptors (Lipinski definition) is 3. The fourth-order valence-corrected chi connectivity index (χ4v) is 0.841. The molecule has 0 aromatic heterocycles. The van der Waals surface area contributed by atoms with Gasteiger partial charge < -0.3 is 4.74 Å². The van der Waals surface area contributed by atoms with Crippen LogP contribution in [0.25, 0.3) is 0 Å². The number of hydrogen-bond donors (Lipinski definition) is 0. The average Bonchev–Trinajstić information content (AvgIpc) is 2.23. The Bertz CT molecular complexity index is 427. The Balaban J connectivity index is 4.83. The molecule has 0 spiro atoms. The standard InChI is InChI=1S/C12H10N2O/c1-3-15-11(2)12(8-6-10-14)7-4-5-9-13/h7,11H,3H2,1-2H3/b12-7-. The minimum atomic E-state index is -0.219. The Morgan fingerprint density at radius 2 is 2.00 bits per heavy atom. The van der Waals surface area contributed by atoms with Crippen LogP contribution in [0.4, 0.5) is 0 Å². The van der Waals surface area contributed by atoms with Crippen LogP contribution in [0.15, 0.2) is 11.6 Å². The van der Waals surface area contributed by atoms with Crippen LogP contribution < -0.4 is 0 Å². The lowest BCUT2D eigenvalue weighted by Crippen LogP contribution is -2.10.